The molecule has 0 spiro atoms. The third kappa shape index (κ3) is 3.27. The van der Waals surface area contributed by atoms with Gasteiger partial charge in [-0.1, -0.05) is 15.9 Å². The highest BCUT2D eigenvalue weighted by molar-refractivity contribution is 9.09. The van der Waals surface area contributed by atoms with Gasteiger partial charge in [-0.05, 0) is 6.92 Å². The molecule has 0 amide bonds. The van der Waals surface area contributed by atoms with E-state index in [1.165, 1.54) is 11.7 Å². The van der Waals surface area contributed by atoms with Gasteiger partial charge in [0, 0.05) is 17.9 Å². The molecule has 0 fully saturated rings. The molecule has 11 heavy (non-hydrogen) atoms. The maximum atomic E-state index is 4.08. The lowest BCUT2D eigenvalue weighted by atomic mass is 10.4. The van der Waals surface area contributed by atoms with Gasteiger partial charge in [-0.3, -0.25) is 0 Å². The lowest BCUT2D eigenvalue weighted by Crippen LogP contribution is -2.26. The molecule has 0 saturated carbocycles. The quantitative estimate of drug-likeness (QED) is 0.803. The highest BCUT2D eigenvalue weighted by Gasteiger charge is 1.99. The van der Waals surface area contributed by atoms with E-state index in [2.05, 4.69) is 36.9 Å². The standard InChI is InChI=1S/C6H10BrN3S/c1-5(2-7)8-3-6-4-9-11-10-6/h4-5,8H,2-3H2,1H3. The van der Waals surface area contributed by atoms with Gasteiger partial charge in [-0.2, -0.15) is 8.75 Å². The first-order valence-corrected chi connectivity index (χ1v) is 5.24. The summed E-state index contributed by atoms with van der Waals surface area (Å²) < 4.78 is 7.98. The molecule has 0 saturated heterocycles. The maximum Gasteiger partial charge on any atom is 0.0880 e. The van der Waals surface area contributed by atoms with Crippen molar-refractivity contribution in [2.24, 2.45) is 0 Å². The van der Waals surface area contributed by atoms with E-state index in [-0.39, 0.29) is 0 Å². The van der Waals surface area contributed by atoms with Gasteiger partial charge in [-0.15, -0.1) is 0 Å². The fourth-order valence-electron chi connectivity index (χ4n) is 0.595. The van der Waals surface area contributed by atoms with Gasteiger partial charge in [0.2, 0.25) is 0 Å². The first kappa shape index (κ1) is 9.09. The van der Waals surface area contributed by atoms with Crippen molar-refractivity contribution < 1.29 is 0 Å². The Hall–Kier alpha value is -0.0000000000000000278. The summed E-state index contributed by atoms with van der Waals surface area (Å²) in [5.41, 5.74) is 1.02. The fraction of sp³-hybridized carbons (Fsp3) is 0.667. The first-order valence-electron chi connectivity index (χ1n) is 3.38. The zero-order valence-corrected chi connectivity index (χ0v) is 8.65. The molecule has 1 unspecified atom stereocenters. The molecule has 0 aliphatic carbocycles. The molecule has 1 atom stereocenters. The Morgan fingerprint density at radius 1 is 1.82 bits per heavy atom. The molecule has 3 nitrogen and oxygen atoms in total. The van der Waals surface area contributed by atoms with Crippen molar-refractivity contribution in [1.29, 1.82) is 0 Å². The molecule has 1 heterocycles. The van der Waals surface area contributed by atoms with Gasteiger partial charge >= 0.3 is 0 Å². The minimum absolute atomic E-state index is 0.483. The molecule has 0 bridgehead atoms. The molecule has 0 aliphatic heterocycles. The van der Waals surface area contributed by atoms with Crippen molar-refractivity contribution in [1.82, 2.24) is 14.1 Å². The van der Waals surface area contributed by atoms with Crippen molar-refractivity contribution in [3.05, 3.63) is 11.9 Å². The minimum Gasteiger partial charge on any atom is -0.308 e. The third-order valence-electron chi connectivity index (χ3n) is 1.27. The number of aromatic nitrogens is 2. The van der Waals surface area contributed by atoms with Crippen LogP contribution in [0.1, 0.15) is 12.6 Å². The van der Waals surface area contributed by atoms with Crippen molar-refractivity contribution in [2.45, 2.75) is 19.5 Å². The van der Waals surface area contributed by atoms with Crippen LogP contribution >= 0.6 is 27.7 Å². The third-order valence-corrected chi connectivity index (χ3v) is 2.76. The number of nitrogens with zero attached hydrogens (tertiary/aromatic N) is 2. The predicted octanol–water partition coefficient (Wildman–Crippen LogP) is 1.41. The Bertz CT molecular complexity index is 190. The van der Waals surface area contributed by atoms with Crippen LogP contribution in [0.25, 0.3) is 0 Å². The molecule has 0 radical (unpaired) electrons. The van der Waals surface area contributed by atoms with E-state index in [4.69, 9.17) is 0 Å². The summed E-state index contributed by atoms with van der Waals surface area (Å²) >= 11 is 4.63. The molecule has 1 N–H and O–H groups in total. The molecule has 5 heteroatoms. The summed E-state index contributed by atoms with van der Waals surface area (Å²) in [5.74, 6) is 0. The Kier molecular flexibility index (Phi) is 3.96. The van der Waals surface area contributed by atoms with Gasteiger partial charge in [0.1, 0.15) is 0 Å². The van der Waals surface area contributed by atoms with E-state index in [0.29, 0.717) is 6.04 Å². The monoisotopic (exact) mass is 235 g/mol. The van der Waals surface area contributed by atoms with Crippen molar-refractivity contribution in [3.8, 4) is 0 Å². The summed E-state index contributed by atoms with van der Waals surface area (Å²) in [6, 6.07) is 0.483. The van der Waals surface area contributed by atoms with Gasteiger partial charge in [0.25, 0.3) is 0 Å². The van der Waals surface area contributed by atoms with Crippen molar-refractivity contribution in [3.63, 3.8) is 0 Å². The molecular formula is C6H10BrN3S. The highest BCUT2D eigenvalue weighted by Crippen LogP contribution is 1.96. The summed E-state index contributed by atoms with van der Waals surface area (Å²) in [7, 11) is 0. The van der Waals surface area contributed by atoms with E-state index in [0.717, 1.165) is 17.6 Å². The maximum absolute atomic E-state index is 4.08. The molecule has 0 aliphatic rings. The number of alkyl halides is 1. The van der Waals surface area contributed by atoms with Crippen LogP contribution in [0.4, 0.5) is 0 Å². The van der Waals surface area contributed by atoms with Crippen LogP contribution in [-0.2, 0) is 6.54 Å². The average molecular weight is 236 g/mol. The summed E-state index contributed by atoms with van der Waals surface area (Å²) in [6.07, 6.45) is 1.79. The Labute approximate surface area is 78.7 Å². The van der Waals surface area contributed by atoms with Crippen molar-refractivity contribution >= 4 is 27.7 Å². The van der Waals surface area contributed by atoms with E-state index >= 15 is 0 Å². The molecule has 1 aromatic heterocycles. The lowest BCUT2D eigenvalue weighted by Gasteiger charge is -2.07. The van der Waals surface area contributed by atoms with Crippen LogP contribution in [0.15, 0.2) is 6.20 Å². The number of nitrogens with one attached hydrogen (secondary N) is 1. The van der Waals surface area contributed by atoms with E-state index in [1.54, 1.807) is 6.20 Å². The van der Waals surface area contributed by atoms with Gasteiger partial charge in [-0.25, -0.2) is 0 Å². The predicted molar refractivity (Wildman–Crippen MR) is 50.0 cm³/mol. The van der Waals surface area contributed by atoms with Gasteiger partial charge in [0.05, 0.1) is 23.6 Å². The second-order valence-corrected chi connectivity index (χ2v) is 3.54. The Morgan fingerprint density at radius 3 is 3.18 bits per heavy atom. The highest BCUT2D eigenvalue weighted by atomic mass is 79.9. The molecule has 1 rings (SSSR count). The van der Waals surface area contributed by atoms with Crippen LogP contribution in [0.2, 0.25) is 0 Å². The van der Waals surface area contributed by atoms with Crippen LogP contribution in [0.3, 0.4) is 0 Å². The summed E-state index contributed by atoms with van der Waals surface area (Å²) in [4.78, 5) is 0. The first-order chi connectivity index (χ1) is 5.33. The lowest BCUT2D eigenvalue weighted by molar-refractivity contribution is 0.593. The van der Waals surface area contributed by atoms with Crippen LogP contribution in [0, 0.1) is 0 Å². The summed E-state index contributed by atoms with van der Waals surface area (Å²) in [5, 5.41) is 4.25. The SMILES string of the molecule is CC(CBr)NCc1cnsn1. The van der Waals surface area contributed by atoms with E-state index < -0.39 is 0 Å². The van der Waals surface area contributed by atoms with Gasteiger partial charge in [0.15, 0.2) is 0 Å². The number of rotatable bonds is 4. The number of hydrogen-bond donors (Lipinski definition) is 1. The van der Waals surface area contributed by atoms with Gasteiger partial charge < -0.3 is 5.32 Å². The van der Waals surface area contributed by atoms with Crippen LogP contribution in [-0.4, -0.2) is 20.1 Å². The molecule has 0 aromatic carbocycles. The minimum atomic E-state index is 0.483. The van der Waals surface area contributed by atoms with E-state index in [9.17, 15) is 0 Å². The van der Waals surface area contributed by atoms with Crippen LogP contribution in [0.5, 0.6) is 0 Å². The molecule has 62 valence electrons. The summed E-state index contributed by atoms with van der Waals surface area (Å²) in [6.45, 7) is 2.93. The van der Waals surface area contributed by atoms with Crippen LogP contribution < -0.4 is 5.32 Å². The smallest absolute Gasteiger partial charge is 0.0880 e. The van der Waals surface area contributed by atoms with E-state index in [1.807, 2.05) is 0 Å². The fourth-order valence-corrected chi connectivity index (χ4v) is 1.26. The molecule has 1 aromatic rings. The van der Waals surface area contributed by atoms with Crippen molar-refractivity contribution in [2.75, 3.05) is 5.33 Å². The average Bonchev–Trinajstić information content (AvgIpc) is 2.52. The Morgan fingerprint density at radius 2 is 2.64 bits per heavy atom. The zero-order chi connectivity index (χ0) is 8.10. The topological polar surface area (TPSA) is 37.8 Å². The Balaban J connectivity index is 2.23. The largest absolute Gasteiger partial charge is 0.308 e. The number of hydrogen-bond acceptors (Lipinski definition) is 4. The normalized spacial score (nSPS) is 13.3. The zero-order valence-electron chi connectivity index (χ0n) is 6.25. The number of halogens is 1. The second kappa shape index (κ2) is 4.79. The molecular weight excluding hydrogens is 226 g/mol. The second-order valence-electron chi connectivity index (χ2n) is 2.34.